The third kappa shape index (κ3) is 6.32. The molecule has 0 saturated carbocycles. The Bertz CT molecular complexity index is 1430. The Hall–Kier alpha value is -4.64. The third-order valence-electron chi connectivity index (χ3n) is 6.54. The summed E-state index contributed by atoms with van der Waals surface area (Å²) in [6.45, 7) is 5.26. The number of para-hydroxylation sites is 1. The molecule has 40 heavy (non-hydrogen) atoms. The van der Waals surface area contributed by atoms with E-state index in [2.05, 4.69) is 19.9 Å². The minimum atomic E-state index is -0.552. The number of fused-ring (bicyclic) bond motifs is 1. The molecular formula is C32H34N2O6. The van der Waals surface area contributed by atoms with Gasteiger partial charge in [0.05, 0.1) is 26.2 Å². The van der Waals surface area contributed by atoms with Crippen LogP contribution in [0.4, 0.5) is 0 Å². The number of hydrogen-bond acceptors (Lipinski definition) is 8. The van der Waals surface area contributed by atoms with Crippen LogP contribution in [0.5, 0.6) is 28.7 Å². The van der Waals surface area contributed by atoms with E-state index in [1.165, 1.54) is 0 Å². The Morgan fingerprint density at radius 1 is 0.950 bits per heavy atom. The Morgan fingerprint density at radius 3 is 2.38 bits per heavy atom. The molecule has 0 fully saturated rings. The molecule has 0 bridgehead atoms. The zero-order valence-electron chi connectivity index (χ0n) is 23.1. The van der Waals surface area contributed by atoms with Gasteiger partial charge in [-0.05, 0) is 48.7 Å². The van der Waals surface area contributed by atoms with Crippen LogP contribution in [0.3, 0.4) is 0 Å². The first-order valence-electron chi connectivity index (χ1n) is 13.5. The SMILES string of the molecule is CCCCOc1ccc(C2C(C#N)=C(N)Oc3cc(OC(=O)c4ccccc4OCCCC)ccc32)cc1OC. The van der Waals surface area contributed by atoms with Crippen molar-refractivity contribution in [2.45, 2.75) is 45.4 Å². The van der Waals surface area contributed by atoms with Crippen LogP contribution in [-0.2, 0) is 0 Å². The fraction of sp³-hybridized carbons (Fsp3) is 0.312. The molecule has 0 spiro atoms. The average molecular weight is 543 g/mol. The predicted molar refractivity (Wildman–Crippen MR) is 151 cm³/mol. The summed E-state index contributed by atoms with van der Waals surface area (Å²) in [6, 6.07) is 19.8. The fourth-order valence-corrected chi connectivity index (χ4v) is 4.40. The second-order valence-electron chi connectivity index (χ2n) is 9.32. The van der Waals surface area contributed by atoms with Gasteiger partial charge in [0.25, 0.3) is 0 Å². The number of nitrogens with two attached hydrogens (primary N) is 1. The minimum absolute atomic E-state index is 0.0135. The van der Waals surface area contributed by atoms with Gasteiger partial charge >= 0.3 is 5.97 Å². The summed E-state index contributed by atoms with van der Waals surface area (Å²) in [7, 11) is 1.58. The molecule has 3 aromatic carbocycles. The predicted octanol–water partition coefficient (Wildman–Crippen LogP) is 6.49. The molecular weight excluding hydrogens is 508 g/mol. The van der Waals surface area contributed by atoms with Gasteiger partial charge in [0.2, 0.25) is 5.88 Å². The molecule has 8 nitrogen and oxygen atoms in total. The van der Waals surface area contributed by atoms with Gasteiger partial charge in [-0.15, -0.1) is 0 Å². The van der Waals surface area contributed by atoms with E-state index in [0.717, 1.165) is 31.2 Å². The average Bonchev–Trinajstić information content (AvgIpc) is 2.97. The Morgan fingerprint density at radius 2 is 1.68 bits per heavy atom. The van der Waals surface area contributed by atoms with Crippen LogP contribution < -0.4 is 29.4 Å². The lowest BCUT2D eigenvalue weighted by molar-refractivity contribution is 0.0730. The van der Waals surface area contributed by atoms with E-state index in [0.29, 0.717) is 47.3 Å². The van der Waals surface area contributed by atoms with E-state index < -0.39 is 11.9 Å². The van der Waals surface area contributed by atoms with E-state index in [-0.39, 0.29) is 17.2 Å². The molecule has 208 valence electrons. The number of esters is 1. The summed E-state index contributed by atoms with van der Waals surface area (Å²) < 4.78 is 28.7. The van der Waals surface area contributed by atoms with Crippen LogP contribution in [0.15, 0.2) is 72.1 Å². The maximum atomic E-state index is 13.0. The molecule has 1 heterocycles. The summed E-state index contributed by atoms with van der Waals surface area (Å²) in [5.41, 5.74) is 8.28. The van der Waals surface area contributed by atoms with Gasteiger partial charge in [0, 0.05) is 11.6 Å². The molecule has 0 aliphatic carbocycles. The monoisotopic (exact) mass is 542 g/mol. The van der Waals surface area contributed by atoms with Crippen LogP contribution in [0.2, 0.25) is 0 Å². The molecule has 2 N–H and O–H groups in total. The molecule has 8 heteroatoms. The Balaban J connectivity index is 1.62. The maximum Gasteiger partial charge on any atom is 0.347 e. The van der Waals surface area contributed by atoms with Gasteiger partial charge in [-0.1, -0.05) is 51.0 Å². The van der Waals surface area contributed by atoms with E-state index in [4.69, 9.17) is 29.4 Å². The highest BCUT2D eigenvalue weighted by Gasteiger charge is 2.32. The van der Waals surface area contributed by atoms with E-state index in [9.17, 15) is 10.1 Å². The van der Waals surface area contributed by atoms with Crippen molar-refractivity contribution in [3.63, 3.8) is 0 Å². The zero-order chi connectivity index (χ0) is 28.5. The maximum absolute atomic E-state index is 13.0. The fourth-order valence-electron chi connectivity index (χ4n) is 4.40. The van der Waals surface area contributed by atoms with Crippen LogP contribution >= 0.6 is 0 Å². The van der Waals surface area contributed by atoms with Crippen molar-refractivity contribution >= 4 is 5.97 Å². The standard InChI is InChI=1S/C32H34N2O6/c1-4-6-16-37-26-11-9-8-10-24(26)32(35)39-22-13-14-23-28(19-22)40-31(34)25(20-33)30(23)21-12-15-27(29(18-21)36-3)38-17-7-5-2/h8-15,18-19,30H,4-7,16-17,34H2,1-3H3. The molecule has 4 rings (SSSR count). The molecule has 0 aromatic heterocycles. The minimum Gasteiger partial charge on any atom is -0.493 e. The number of carbonyl (C=O) groups is 1. The first kappa shape index (κ1) is 28.4. The number of allylic oxidation sites excluding steroid dienone is 1. The molecule has 1 atom stereocenters. The first-order valence-corrected chi connectivity index (χ1v) is 13.5. The number of nitriles is 1. The summed E-state index contributed by atoms with van der Waals surface area (Å²) in [5, 5.41) is 9.94. The Labute approximate surface area is 234 Å². The van der Waals surface area contributed by atoms with Crippen LogP contribution in [-0.4, -0.2) is 26.3 Å². The number of hydrogen-bond donors (Lipinski definition) is 1. The quantitative estimate of drug-likeness (QED) is 0.157. The number of nitrogens with zero attached hydrogens (tertiary/aromatic N) is 1. The number of benzene rings is 3. The molecule has 0 radical (unpaired) electrons. The number of methoxy groups -OCH3 is 1. The van der Waals surface area contributed by atoms with Crippen molar-refractivity contribution < 1.29 is 28.5 Å². The lowest BCUT2D eigenvalue weighted by atomic mass is 9.83. The largest absolute Gasteiger partial charge is 0.493 e. The van der Waals surface area contributed by atoms with Gasteiger partial charge in [-0.3, -0.25) is 0 Å². The second kappa shape index (κ2) is 13.4. The third-order valence-corrected chi connectivity index (χ3v) is 6.54. The van der Waals surface area contributed by atoms with Crippen molar-refractivity contribution in [3.05, 3.63) is 88.8 Å². The summed E-state index contributed by atoms with van der Waals surface area (Å²) in [5.74, 6) is 1.25. The Kier molecular flexibility index (Phi) is 9.53. The highest BCUT2D eigenvalue weighted by atomic mass is 16.5. The summed E-state index contributed by atoms with van der Waals surface area (Å²) >= 11 is 0. The van der Waals surface area contributed by atoms with E-state index in [1.54, 1.807) is 43.5 Å². The van der Waals surface area contributed by atoms with Gasteiger partial charge in [-0.25, -0.2) is 4.79 Å². The van der Waals surface area contributed by atoms with Gasteiger partial charge in [0.1, 0.15) is 34.5 Å². The van der Waals surface area contributed by atoms with E-state index in [1.807, 2.05) is 24.3 Å². The summed E-state index contributed by atoms with van der Waals surface area (Å²) in [6.07, 6.45) is 3.82. The zero-order valence-corrected chi connectivity index (χ0v) is 23.1. The molecule has 0 amide bonds. The summed E-state index contributed by atoms with van der Waals surface area (Å²) in [4.78, 5) is 13.0. The van der Waals surface area contributed by atoms with Crippen molar-refractivity contribution in [2.24, 2.45) is 5.73 Å². The molecule has 3 aromatic rings. The number of carbonyl (C=O) groups excluding carboxylic acids is 1. The first-order chi connectivity index (χ1) is 19.5. The van der Waals surface area contributed by atoms with Crippen LogP contribution in [0.25, 0.3) is 0 Å². The topological polar surface area (TPSA) is 113 Å². The second-order valence-corrected chi connectivity index (χ2v) is 9.32. The molecule has 0 saturated heterocycles. The lowest BCUT2D eigenvalue weighted by Crippen LogP contribution is -2.21. The molecule has 1 unspecified atom stereocenters. The number of unbranched alkanes of at least 4 members (excludes halogenated alkanes) is 2. The van der Waals surface area contributed by atoms with Crippen molar-refractivity contribution in [3.8, 4) is 34.8 Å². The highest BCUT2D eigenvalue weighted by molar-refractivity contribution is 5.94. The smallest absolute Gasteiger partial charge is 0.347 e. The van der Waals surface area contributed by atoms with Crippen LogP contribution in [0, 0.1) is 11.3 Å². The molecule has 1 aliphatic rings. The highest BCUT2D eigenvalue weighted by Crippen LogP contribution is 2.45. The normalized spacial score (nSPS) is 14.0. The van der Waals surface area contributed by atoms with Gasteiger partial charge in [-0.2, -0.15) is 5.26 Å². The van der Waals surface area contributed by atoms with Gasteiger partial charge in [0.15, 0.2) is 11.5 Å². The van der Waals surface area contributed by atoms with Crippen molar-refractivity contribution in [1.29, 1.82) is 5.26 Å². The number of ether oxygens (including phenoxy) is 5. The number of rotatable bonds is 12. The van der Waals surface area contributed by atoms with Gasteiger partial charge < -0.3 is 29.4 Å². The van der Waals surface area contributed by atoms with E-state index >= 15 is 0 Å². The van der Waals surface area contributed by atoms with Crippen molar-refractivity contribution in [2.75, 3.05) is 20.3 Å². The lowest BCUT2D eigenvalue weighted by Gasteiger charge is -2.27. The van der Waals surface area contributed by atoms with Crippen LogP contribution in [0.1, 0.15) is 66.9 Å². The molecule has 1 aliphatic heterocycles. The van der Waals surface area contributed by atoms with Crippen molar-refractivity contribution in [1.82, 2.24) is 0 Å².